The van der Waals surface area contributed by atoms with Gasteiger partial charge >= 0.3 is 0 Å². The number of amides is 1. The molecule has 1 unspecified atom stereocenters. The van der Waals surface area contributed by atoms with Crippen molar-refractivity contribution in [2.45, 2.75) is 18.9 Å². The number of carbonyl (C=O) groups excluding carboxylic acids is 1. The quantitative estimate of drug-likeness (QED) is 0.694. The topological polar surface area (TPSA) is 97.3 Å². The molecule has 0 bridgehead atoms. The molecule has 0 radical (unpaired) electrons. The van der Waals surface area contributed by atoms with E-state index < -0.39 is 0 Å². The molecule has 20 heavy (non-hydrogen) atoms. The number of thiazole rings is 1. The number of rotatable bonds is 5. The molecule has 1 aromatic heterocycles. The molecular weight excluding hydrogens is 294 g/mol. The van der Waals surface area contributed by atoms with Crippen LogP contribution in [0, 0.1) is 0 Å². The zero-order valence-electron chi connectivity index (χ0n) is 11.6. The Morgan fingerprint density at radius 3 is 3.15 bits per heavy atom. The van der Waals surface area contributed by atoms with Gasteiger partial charge in [0, 0.05) is 31.4 Å². The molecule has 0 aliphatic carbocycles. The standard InChI is InChI=1S/C12H21N5OS2/c1-19-6-4-15-11(18)9-10(14)16-12(20-9)17-5-2-3-8(13)7-17/h8H,2-7,13-14H2,1H3,(H,15,18). The molecule has 8 heteroatoms. The first-order valence-corrected chi connectivity index (χ1v) is 8.86. The van der Waals surface area contributed by atoms with Gasteiger partial charge in [-0.15, -0.1) is 0 Å². The lowest BCUT2D eigenvalue weighted by Gasteiger charge is -2.30. The van der Waals surface area contributed by atoms with Gasteiger partial charge in [-0.3, -0.25) is 4.79 Å². The van der Waals surface area contributed by atoms with Crippen LogP contribution < -0.4 is 21.7 Å². The highest BCUT2D eigenvalue weighted by molar-refractivity contribution is 7.98. The first kappa shape index (κ1) is 15.4. The van der Waals surface area contributed by atoms with Crippen molar-refractivity contribution in [3.05, 3.63) is 4.88 Å². The maximum Gasteiger partial charge on any atom is 0.265 e. The Labute approximate surface area is 127 Å². The summed E-state index contributed by atoms with van der Waals surface area (Å²) in [5, 5.41) is 3.65. The lowest BCUT2D eigenvalue weighted by molar-refractivity contribution is 0.0961. The van der Waals surface area contributed by atoms with Gasteiger partial charge in [-0.05, 0) is 19.1 Å². The number of hydrogen-bond acceptors (Lipinski definition) is 7. The van der Waals surface area contributed by atoms with Crippen LogP contribution in [-0.4, -0.2) is 48.6 Å². The van der Waals surface area contributed by atoms with Gasteiger partial charge in [-0.25, -0.2) is 4.98 Å². The van der Waals surface area contributed by atoms with Crippen molar-refractivity contribution in [1.82, 2.24) is 10.3 Å². The van der Waals surface area contributed by atoms with E-state index in [1.807, 2.05) is 6.26 Å². The molecule has 1 saturated heterocycles. The smallest absolute Gasteiger partial charge is 0.265 e. The molecule has 1 aromatic rings. The summed E-state index contributed by atoms with van der Waals surface area (Å²) < 4.78 is 0. The average Bonchev–Trinajstić information content (AvgIpc) is 2.81. The molecule has 1 aliphatic rings. The van der Waals surface area contributed by atoms with Gasteiger partial charge in [0.1, 0.15) is 10.7 Å². The number of hydrogen-bond donors (Lipinski definition) is 3. The summed E-state index contributed by atoms with van der Waals surface area (Å²) in [6.45, 7) is 2.34. The zero-order valence-corrected chi connectivity index (χ0v) is 13.2. The molecule has 5 N–H and O–H groups in total. The van der Waals surface area contributed by atoms with Crippen LogP contribution in [-0.2, 0) is 0 Å². The van der Waals surface area contributed by atoms with Crippen molar-refractivity contribution in [3.63, 3.8) is 0 Å². The molecule has 1 aliphatic heterocycles. The fraction of sp³-hybridized carbons (Fsp3) is 0.667. The van der Waals surface area contributed by atoms with Crippen LogP contribution in [0.2, 0.25) is 0 Å². The summed E-state index contributed by atoms with van der Waals surface area (Å²) >= 11 is 3.04. The van der Waals surface area contributed by atoms with Gasteiger partial charge in [-0.1, -0.05) is 11.3 Å². The van der Waals surface area contributed by atoms with Crippen LogP contribution in [0.3, 0.4) is 0 Å². The molecule has 2 rings (SSSR count). The van der Waals surface area contributed by atoms with Crippen molar-refractivity contribution in [1.29, 1.82) is 0 Å². The first-order chi connectivity index (χ1) is 9.61. The molecule has 1 atom stereocenters. The van der Waals surface area contributed by atoms with Gasteiger partial charge in [0.15, 0.2) is 5.13 Å². The lowest BCUT2D eigenvalue weighted by atomic mass is 10.1. The highest BCUT2D eigenvalue weighted by atomic mass is 32.2. The van der Waals surface area contributed by atoms with Crippen molar-refractivity contribution in [2.24, 2.45) is 5.73 Å². The predicted octanol–water partition coefficient (Wildman–Crippen LogP) is 0.746. The largest absolute Gasteiger partial charge is 0.382 e. The molecule has 0 spiro atoms. The Hall–Kier alpha value is -0.990. The Bertz CT molecular complexity index is 465. The molecule has 6 nitrogen and oxygen atoms in total. The molecule has 0 aromatic carbocycles. The maximum absolute atomic E-state index is 12.0. The number of nitrogens with zero attached hydrogens (tertiary/aromatic N) is 2. The summed E-state index contributed by atoms with van der Waals surface area (Å²) in [5.74, 6) is 1.06. The lowest BCUT2D eigenvalue weighted by Crippen LogP contribution is -2.42. The second-order valence-corrected chi connectivity index (χ2v) is 6.77. The van der Waals surface area contributed by atoms with Crippen LogP contribution >= 0.6 is 23.1 Å². The van der Waals surface area contributed by atoms with E-state index in [9.17, 15) is 4.79 Å². The third kappa shape index (κ3) is 3.77. The minimum Gasteiger partial charge on any atom is -0.382 e. The monoisotopic (exact) mass is 315 g/mol. The number of piperidine rings is 1. The molecule has 112 valence electrons. The Morgan fingerprint density at radius 1 is 1.65 bits per heavy atom. The van der Waals surface area contributed by atoms with Crippen LogP contribution in [0.5, 0.6) is 0 Å². The molecule has 2 heterocycles. The molecule has 1 amide bonds. The van der Waals surface area contributed by atoms with Gasteiger partial charge in [0.2, 0.25) is 0 Å². The van der Waals surface area contributed by atoms with Crippen molar-refractivity contribution in [2.75, 3.05) is 42.3 Å². The number of nitrogens with one attached hydrogen (secondary N) is 1. The van der Waals surface area contributed by atoms with E-state index in [-0.39, 0.29) is 11.9 Å². The van der Waals surface area contributed by atoms with Crippen molar-refractivity contribution in [3.8, 4) is 0 Å². The Balaban J connectivity index is 2.03. The zero-order chi connectivity index (χ0) is 14.5. The third-order valence-electron chi connectivity index (χ3n) is 3.17. The highest BCUT2D eigenvalue weighted by Gasteiger charge is 2.23. The fourth-order valence-corrected chi connectivity index (χ4v) is 3.39. The number of thioether (sulfide) groups is 1. The van der Waals surface area contributed by atoms with E-state index in [1.165, 1.54) is 11.3 Å². The summed E-state index contributed by atoms with van der Waals surface area (Å²) in [6.07, 6.45) is 4.10. The third-order valence-corrected chi connectivity index (χ3v) is 4.91. The van der Waals surface area contributed by atoms with Gasteiger partial charge < -0.3 is 21.7 Å². The van der Waals surface area contributed by atoms with Crippen molar-refractivity contribution < 1.29 is 4.79 Å². The number of nitrogen functional groups attached to an aromatic ring is 1. The minimum absolute atomic E-state index is 0.137. The number of carbonyl (C=O) groups is 1. The summed E-state index contributed by atoms with van der Waals surface area (Å²) in [6, 6.07) is 0.174. The van der Waals surface area contributed by atoms with Gasteiger partial charge in [0.25, 0.3) is 5.91 Å². The molecular formula is C12H21N5OS2. The fourth-order valence-electron chi connectivity index (χ4n) is 2.15. The Morgan fingerprint density at radius 2 is 2.45 bits per heavy atom. The number of nitrogens with two attached hydrogens (primary N) is 2. The van der Waals surface area contributed by atoms with Gasteiger partial charge in [-0.2, -0.15) is 11.8 Å². The van der Waals surface area contributed by atoms with E-state index in [1.54, 1.807) is 11.8 Å². The summed E-state index contributed by atoms with van der Waals surface area (Å²) in [4.78, 5) is 19.0. The average molecular weight is 315 g/mol. The van der Waals surface area contributed by atoms with E-state index in [4.69, 9.17) is 11.5 Å². The van der Waals surface area contributed by atoms with E-state index in [2.05, 4.69) is 15.2 Å². The normalized spacial score (nSPS) is 19.1. The number of anilines is 2. The van der Waals surface area contributed by atoms with Gasteiger partial charge in [0.05, 0.1) is 0 Å². The number of aromatic nitrogens is 1. The van der Waals surface area contributed by atoms with E-state index in [0.29, 0.717) is 17.2 Å². The molecule has 0 saturated carbocycles. The molecule has 1 fully saturated rings. The van der Waals surface area contributed by atoms with E-state index >= 15 is 0 Å². The van der Waals surface area contributed by atoms with Crippen molar-refractivity contribution >= 4 is 40.0 Å². The van der Waals surface area contributed by atoms with E-state index in [0.717, 1.165) is 36.8 Å². The minimum atomic E-state index is -0.137. The SMILES string of the molecule is CSCCNC(=O)c1sc(N2CCCC(N)C2)nc1N. The second kappa shape index (κ2) is 7.14. The van der Waals surface area contributed by atoms with Crippen LogP contribution in [0.4, 0.5) is 10.9 Å². The Kier molecular flexibility index (Phi) is 5.50. The van der Waals surface area contributed by atoms with Crippen LogP contribution in [0.1, 0.15) is 22.5 Å². The van der Waals surface area contributed by atoms with Crippen LogP contribution in [0.25, 0.3) is 0 Å². The second-order valence-electron chi connectivity index (χ2n) is 4.81. The summed E-state index contributed by atoms with van der Waals surface area (Å²) in [7, 11) is 0. The summed E-state index contributed by atoms with van der Waals surface area (Å²) in [5.41, 5.74) is 11.8. The maximum atomic E-state index is 12.0. The highest BCUT2D eigenvalue weighted by Crippen LogP contribution is 2.29. The predicted molar refractivity (Wildman–Crippen MR) is 86.7 cm³/mol. The van der Waals surface area contributed by atoms with Crippen LogP contribution in [0.15, 0.2) is 0 Å². The first-order valence-electron chi connectivity index (χ1n) is 6.65.